The third-order valence-electron chi connectivity index (χ3n) is 1.69. The van der Waals surface area contributed by atoms with Crippen LogP contribution in [0.1, 0.15) is 18.2 Å². The van der Waals surface area contributed by atoms with Gasteiger partial charge in [0.05, 0.1) is 6.20 Å². The van der Waals surface area contributed by atoms with Gasteiger partial charge in [0.25, 0.3) is 5.91 Å². The van der Waals surface area contributed by atoms with Crippen molar-refractivity contribution in [2.24, 2.45) is 0 Å². The lowest BCUT2D eigenvalue weighted by Gasteiger charge is -2.09. The molecule has 1 rings (SSSR count). The second-order valence-corrected chi connectivity index (χ2v) is 2.98. The molecule has 14 heavy (non-hydrogen) atoms. The van der Waals surface area contributed by atoms with Crippen molar-refractivity contribution in [2.75, 3.05) is 0 Å². The maximum atomic E-state index is 12.4. The number of aromatic nitrogens is 1. The summed E-state index contributed by atoms with van der Waals surface area (Å²) >= 11 is 0. The number of hydrogen-bond acceptors (Lipinski definition) is 3. The molecule has 1 amide bonds. The summed E-state index contributed by atoms with van der Waals surface area (Å²) in [7, 11) is 0. The Morgan fingerprint density at radius 2 is 2.36 bits per heavy atom. The summed E-state index contributed by atoms with van der Waals surface area (Å²) in [4.78, 5) is 10.8. The average molecular weight is 204 g/mol. The van der Waals surface area contributed by atoms with Gasteiger partial charge >= 0.3 is 5.92 Å². The second-order valence-electron chi connectivity index (χ2n) is 2.98. The molecule has 0 spiro atoms. The highest BCUT2D eigenvalue weighted by atomic mass is 19.3. The first-order chi connectivity index (χ1) is 6.41. The van der Waals surface area contributed by atoms with Gasteiger partial charge in [0.1, 0.15) is 5.76 Å². The zero-order chi connectivity index (χ0) is 10.8. The third kappa shape index (κ3) is 2.51. The molecule has 0 aromatic carbocycles. The summed E-state index contributed by atoms with van der Waals surface area (Å²) in [6.45, 7) is 2.18. The molecular formula is C8H10F2N2O2. The minimum absolute atomic E-state index is 0.00238. The van der Waals surface area contributed by atoms with E-state index in [1.54, 1.807) is 6.92 Å². The summed E-state index contributed by atoms with van der Waals surface area (Å²) in [5.41, 5.74) is 0.586. The van der Waals surface area contributed by atoms with Gasteiger partial charge in [-0.25, -0.2) is 0 Å². The standard InChI is InChI=1S/C8H10F2N2O2/c1-5-6(4-12-14-5)3-11-7(13)8(2,9)10/h4H,3H2,1-2H3,(H,11,13). The molecule has 0 aliphatic heterocycles. The fraction of sp³-hybridized carbons (Fsp3) is 0.500. The Bertz CT molecular complexity index is 330. The molecule has 0 saturated heterocycles. The molecule has 1 aromatic rings. The third-order valence-corrected chi connectivity index (χ3v) is 1.69. The zero-order valence-corrected chi connectivity index (χ0v) is 7.80. The molecule has 0 bridgehead atoms. The summed E-state index contributed by atoms with van der Waals surface area (Å²) < 4.78 is 29.5. The number of nitrogens with one attached hydrogen (secondary N) is 1. The van der Waals surface area contributed by atoms with Crippen LogP contribution in [0.25, 0.3) is 0 Å². The fourth-order valence-electron chi connectivity index (χ4n) is 0.819. The van der Waals surface area contributed by atoms with E-state index < -0.39 is 11.8 Å². The van der Waals surface area contributed by atoms with Gasteiger partial charge in [0.15, 0.2) is 0 Å². The predicted molar refractivity (Wildman–Crippen MR) is 43.7 cm³/mol. The van der Waals surface area contributed by atoms with E-state index in [1.807, 2.05) is 0 Å². The van der Waals surface area contributed by atoms with E-state index in [9.17, 15) is 13.6 Å². The van der Waals surface area contributed by atoms with Crippen molar-refractivity contribution in [3.8, 4) is 0 Å². The van der Waals surface area contributed by atoms with E-state index >= 15 is 0 Å². The number of carbonyl (C=O) groups is 1. The Kier molecular flexibility index (Phi) is 2.83. The highest BCUT2D eigenvalue weighted by molar-refractivity contribution is 5.82. The maximum absolute atomic E-state index is 12.4. The van der Waals surface area contributed by atoms with Crippen molar-refractivity contribution in [1.29, 1.82) is 0 Å². The molecule has 0 aliphatic carbocycles. The van der Waals surface area contributed by atoms with Gasteiger partial charge in [0, 0.05) is 19.0 Å². The molecule has 0 radical (unpaired) electrons. The first-order valence-corrected chi connectivity index (χ1v) is 3.97. The lowest BCUT2D eigenvalue weighted by molar-refractivity contribution is -0.143. The van der Waals surface area contributed by atoms with Crippen LogP contribution in [0.4, 0.5) is 8.78 Å². The van der Waals surface area contributed by atoms with Crippen LogP contribution in [0.2, 0.25) is 0 Å². The second kappa shape index (κ2) is 3.73. The van der Waals surface area contributed by atoms with Crippen molar-refractivity contribution in [2.45, 2.75) is 26.3 Å². The Balaban J connectivity index is 2.50. The molecule has 0 fully saturated rings. The fourth-order valence-corrected chi connectivity index (χ4v) is 0.819. The summed E-state index contributed by atoms with van der Waals surface area (Å²) in [5, 5.41) is 5.52. The van der Waals surface area contributed by atoms with E-state index in [-0.39, 0.29) is 6.54 Å². The smallest absolute Gasteiger partial charge is 0.321 e. The first kappa shape index (κ1) is 10.6. The van der Waals surface area contributed by atoms with Gasteiger partial charge in [-0.3, -0.25) is 4.79 Å². The van der Waals surface area contributed by atoms with Gasteiger partial charge in [-0.2, -0.15) is 8.78 Å². The normalized spacial score (nSPS) is 11.4. The summed E-state index contributed by atoms with van der Waals surface area (Å²) in [5.74, 6) is -4.16. The Morgan fingerprint density at radius 3 is 2.79 bits per heavy atom. The van der Waals surface area contributed by atoms with Gasteiger partial charge in [-0.15, -0.1) is 0 Å². The van der Waals surface area contributed by atoms with E-state index in [0.717, 1.165) is 0 Å². The minimum atomic E-state index is -3.36. The van der Waals surface area contributed by atoms with Gasteiger partial charge in [-0.1, -0.05) is 5.16 Å². The van der Waals surface area contributed by atoms with Crippen LogP contribution in [0, 0.1) is 6.92 Å². The number of rotatable bonds is 3. The van der Waals surface area contributed by atoms with Crippen LogP contribution in [-0.2, 0) is 11.3 Å². The number of hydrogen-bond donors (Lipinski definition) is 1. The number of amides is 1. The van der Waals surface area contributed by atoms with Crippen molar-refractivity contribution in [3.63, 3.8) is 0 Å². The molecule has 6 heteroatoms. The predicted octanol–water partition coefficient (Wildman–Crippen LogP) is 1.25. The van der Waals surface area contributed by atoms with Gasteiger partial charge in [0.2, 0.25) is 0 Å². The van der Waals surface area contributed by atoms with Crippen molar-refractivity contribution in [1.82, 2.24) is 10.5 Å². The van der Waals surface area contributed by atoms with E-state index in [4.69, 9.17) is 4.52 Å². The molecule has 0 saturated carbocycles. The topological polar surface area (TPSA) is 55.1 Å². The number of alkyl halides is 2. The zero-order valence-electron chi connectivity index (χ0n) is 7.80. The number of nitrogens with zero attached hydrogens (tertiary/aromatic N) is 1. The summed E-state index contributed by atoms with van der Waals surface area (Å²) in [6.07, 6.45) is 1.38. The molecule has 1 N–H and O–H groups in total. The van der Waals surface area contributed by atoms with E-state index in [0.29, 0.717) is 18.2 Å². The lowest BCUT2D eigenvalue weighted by atomic mass is 10.2. The number of aryl methyl sites for hydroxylation is 1. The van der Waals surface area contributed by atoms with Crippen molar-refractivity contribution in [3.05, 3.63) is 17.5 Å². The first-order valence-electron chi connectivity index (χ1n) is 3.97. The number of halogens is 2. The Hall–Kier alpha value is -1.46. The average Bonchev–Trinajstić information content (AvgIpc) is 2.45. The van der Waals surface area contributed by atoms with Crippen molar-refractivity contribution < 1.29 is 18.1 Å². The molecule has 0 aliphatic rings. The van der Waals surface area contributed by atoms with Gasteiger partial charge < -0.3 is 9.84 Å². The Labute approximate surface area is 79.3 Å². The van der Waals surface area contributed by atoms with Crippen LogP contribution in [0.3, 0.4) is 0 Å². The minimum Gasteiger partial charge on any atom is -0.361 e. The van der Waals surface area contributed by atoms with Crippen LogP contribution in [0.5, 0.6) is 0 Å². The molecule has 1 heterocycles. The van der Waals surface area contributed by atoms with Crippen LogP contribution in [-0.4, -0.2) is 17.0 Å². The molecule has 78 valence electrons. The molecule has 0 unspecified atom stereocenters. The SMILES string of the molecule is Cc1oncc1CNC(=O)C(C)(F)F. The molecule has 4 nitrogen and oxygen atoms in total. The van der Waals surface area contributed by atoms with Crippen molar-refractivity contribution >= 4 is 5.91 Å². The monoisotopic (exact) mass is 204 g/mol. The maximum Gasteiger partial charge on any atom is 0.321 e. The highest BCUT2D eigenvalue weighted by Crippen LogP contribution is 2.12. The summed E-state index contributed by atoms with van der Waals surface area (Å²) in [6, 6.07) is 0. The van der Waals surface area contributed by atoms with E-state index in [2.05, 4.69) is 10.5 Å². The molecular weight excluding hydrogens is 194 g/mol. The molecule has 0 atom stereocenters. The largest absolute Gasteiger partial charge is 0.361 e. The Morgan fingerprint density at radius 1 is 1.71 bits per heavy atom. The van der Waals surface area contributed by atoms with Crippen LogP contribution >= 0.6 is 0 Å². The van der Waals surface area contributed by atoms with E-state index in [1.165, 1.54) is 6.20 Å². The quantitative estimate of drug-likeness (QED) is 0.806. The lowest BCUT2D eigenvalue weighted by Crippen LogP contribution is -2.37. The van der Waals surface area contributed by atoms with Crippen LogP contribution < -0.4 is 5.32 Å². The van der Waals surface area contributed by atoms with Gasteiger partial charge in [-0.05, 0) is 6.92 Å². The number of carbonyl (C=O) groups excluding carboxylic acids is 1. The molecule has 1 aromatic heterocycles. The highest BCUT2D eigenvalue weighted by Gasteiger charge is 2.31. The van der Waals surface area contributed by atoms with Crippen LogP contribution in [0.15, 0.2) is 10.7 Å².